The summed E-state index contributed by atoms with van der Waals surface area (Å²) in [5.74, 6) is -0.791. The second kappa shape index (κ2) is 10.8. The molecular formula is C28H35N5O4. The van der Waals surface area contributed by atoms with Crippen molar-refractivity contribution in [2.45, 2.75) is 44.9 Å². The summed E-state index contributed by atoms with van der Waals surface area (Å²) in [6.45, 7) is 4.04. The number of amides is 3. The molecule has 2 heterocycles. The van der Waals surface area contributed by atoms with E-state index in [4.69, 9.17) is 10.5 Å². The van der Waals surface area contributed by atoms with Gasteiger partial charge in [0, 0.05) is 13.6 Å². The number of nitrogens with two attached hydrogens (primary N) is 1. The Morgan fingerprint density at radius 1 is 1.11 bits per heavy atom. The molecule has 3 amide bonds. The molecule has 0 spiro atoms. The molecule has 1 saturated heterocycles. The lowest BCUT2D eigenvalue weighted by Crippen LogP contribution is -2.60. The van der Waals surface area contributed by atoms with Gasteiger partial charge < -0.3 is 20.7 Å². The highest BCUT2D eigenvalue weighted by atomic mass is 16.5. The first-order valence-electron chi connectivity index (χ1n) is 12.5. The van der Waals surface area contributed by atoms with Gasteiger partial charge in [-0.05, 0) is 37.8 Å². The minimum absolute atomic E-state index is 0.00743. The van der Waals surface area contributed by atoms with Gasteiger partial charge >= 0.3 is 0 Å². The van der Waals surface area contributed by atoms with Crippen LogP contribution in [0.15, 0.2) is 65.8 Å². The average Bonchev–Trinajstić information content (AvgIpc) is 3.12. The number of carbonyl (C=O) groups excluding carboxylic acids is 3. The molecule has 2 aliphatic rings. The van der Waals surface area contributed by atoms with E-state index >= 15 is 0 Å². The van der Waals surface area contributed by atoms with Gasteiger partial charge in [0.2, 0.25) is 11.8 Å². The number of nitrogens with zero attached hydrogens (tertiary/aromatic N) is 3. The predicted octanol–water partition coefficient (Wildman–Crippen LogP) is 1.71. The van der Waals surface area contributed by atoms with Gasteiger partial charge in [0.15, 0.2) is 0 Å². The number of ether oxygens (including phenoxy) is 1. The molecule has 3 N–H and O–H groups in total. The Hall–Kier alpha value is -3.56. The van der Waals surface area contributed by atoms with E-state index in [2.05, 4.69) is 10.4 Å². The van der Waals surface area contributed by atoms with Crippen molar-refractivity contribution in [3.63, 3.8) is 0 Å². The number of hydrogen-bond donors (Lipinski definition) is 2. The maximum absolute atomic E-state index is 13.7. The van der Waals surface area contributed by atoms with E-state index in [1.54, 1.807) is 25.8 Å². The summed E-state index contributed by atoms with van der Waals surface area (Å²) in [4.78, 5) is 41.2. The van der Waals surface area contributed by atoms with E-state index in [0.717, 1.165) is 11.1 Å². The van der Waals surface area contributed by atoms with Crippen LogP contribution in [0.25, 0.3) is 0 Å². The quantitative estimate of drug-likeness (QED) is 0.538. The molecule has 0 unspecified atom stereocenters. The van der Waals surface area contributed by atoms with Gasteiger partial charge in [0.25, 0.3) is 5.91 Å². The van der Waals surface area contributed by atoms with Crippen molar-refractivity contribution in [2.75, 3.05) is 26.7 Å². The highest BCUT2D eigenvalue weighted by Crippen LogP contribution is 2.39. The van der Waals surface area contributed by atoms with Gasteiger partial charge in [0.1, 0.15) is 6.04 Å². The van der Waals surface area contributed by atoms with E-state index in [9.17, 15) is 14.4 Å². The lowest BCUT2D eigenvalue weighted by atomic mass is 9.72. The molecule has 2 aliphatic heterocycles. The third-order valence-electron chi connectivity index (χ3n) is 6.92. The number of piperidine rings is 1. The van der Waals surface area contributed by atoms with Gasteiger partial charge in [-0.3, -0.25) is 14.4 Å². The number of nitrogens with one attached hydrogen (secondary N) is 1. The summed E-state index contributed by atoms with van der Waals surface area (Å²) in [6.07, 6.45) is 0.975. The number of carbonyl (C=O) groups is 3. The Kier molecular flexibility index (Phi) is 7.75. The molecule has 1 fully saturated rings. The molecule has 0 aromatic heterocycles. The average molecular weight is 506 g/mol. The van der Waals surface area contributed by atoms with Crippen molar-refractivity contribution in [2.24, 2.45) is 16.3 Å². The fraction of sp³-hybridized carbons (Fsp3) is 0.429. The van der Waals surface area contributed by atoms with E-state index in [1.807, 2.05) is 60.7 Å². The summed E-state index contributed by atoms with van der Waals surface area (Å²) in [7, 11) is 1.65. The van der Waals surface area contributed by atoms with Crippen LogP contribution in [0.1, 0.15) is 31.4 Å². The largest absolute Gasteiger partial charge is 0.374 e. The number of rotatable bonds is 9. The lowest BCUT2D eigenvalue weighted by Gasteiger charge is -2.39. The topological polar surface area (TPSA) is 117 Å². The molecule has 2 atom stereocenters. The molecule has 2 aromatic carbocycles. The first-order valence-corrected chi connectivity index (χ1v) is 12.5. The Morgan fingerprint density at radius 2 is 1.73 bits per heavy atom. The zero-order chi connectivity index (χ0) is 26.6. The van der Waals surface area contributed by atoms with Crippen molar-refractivity contribution in [1.82, 2.24) is 15.2 Å². The zero-order valence-corrected chi connectivity index (χ0v) is 21.6. The Morgan fingerprint density at radius 3 is 2.35 bits per heavy atom. The maximum Gasteiger partial charge on any atom is 0.254 e. The van der Waals surface area contributed by atoms with E-state index in [1.165, 1.54) is 5.01 Å². The summed E-state index contributed by atoms with van der Waals surface area (Å²) < 4.78 is 5.83. The van der Waals surface area contributed by atoms with E-state index in [0.29, 0.717) is 31.7 Å². The smallest absolute Gasteiger partial charge is 0.254 e. The number of hydrazone groups is 1. The van der Waals surface area contributed by atoms with Crippen molar-refractivity contribution >= 4 is 23.4 Å². The molecule has 9 heteroatoms. The molecule has 37 heavy (non-hydrogen) atoms. The van der Waals surface area contributed by atoms with Crippen LogP contribution in [0.5, 0.6) is 0 Å². The lowest BCUT2D eigenvalue weighted by molar-refractivity contribution is -0.141. The Labute approximate surface area is 217 Å². The minimum atomic E-state index is -1.16. The maximum atomic E-state index is 13.7. The van der Waals surface area contributed by atoms with Crippen LogP contribution < -0.4 is 11.1 Å². The molecule has 0 saturated carbocycles. The van der Waals surface area contributed by atoms with Crippen molar-refractivity contribution < 1.29 is 19.1 Å². The van der Waals surface area contributed by atoms with E-state index < -0.39 is 22.9 Å². The molecule has 0 aliphatic carbocycles. The van der Waals surface area contributed by atoms with Gasteiger partial charge in [-0.1, -0.05) is 60.7 Å². The van der Waals surface area contributed by atoms with Crippen molar-refractivity contribution in [3.8, 4) is 0 Å². The SMILES string of the molecule is CN1N=C2CN(C(=O)[C@@H](COCc3ccccc3)NC(=O)C(C)(C)N)CC[C@@]2(Cc2ccccc2)C1=O. The summed E-state index contributed by atoms with van der Waals surface area (Å²) >= 11 is 0. The molecule has 2 aromatic rings. The number of hydrogen-bond acceptors (Lipinski definition) is 6. The third kappa shape index (κ3) is 5.89. The van der Waals surface area contributed by atoms with Crippen LogP contribution in [0.3, 0.4) is 0 Å². The van der Waals surface area contributed by atoms with Crippen LogP contribution in [0, 0.1) is 5.41 Å². The first kappa shape index (κ1) is 26.5. The second-order valence-corrected chi connectivity index (χ2v) is 10.4. The Balaban J connectivity index is 1.49. The highest BCUT2D eigenvalue weighted by molar-refractivity contribution is 6.14. The fourth-order valence-electron chi connectivity index (χ4n) is 4.78. The molecule has 4 rings (SSSR count). The fourth-order valence-corrected chi connectivity index (χ4v) is 4.78. The normalized spacial score (nSPS) is 20.3. The molecule has 0 bridgehead atoms. The standard InChI is InChI=1S/C28H35N5O4/c1-27(2,29)25(35)30-22(19-37-18-21-12-8-5-9-13-21)24(34)33-15-14-28(16-20-10-6-4-7-11-20)23(17-33)31-32(3)26(28)36/h4-13,22H,14-19,29H2,1-3H3,(H,30,35)/t22-,28+/m1/s1. The van der Waals surface area contributed by atoms with Crippen LogP contribution >= 0.6 is 0 Å². The van der Waals surface area contributed by atoms with Crippen LogP contribution in [-0.4, -0.2) is 71.7 Å². The second-order valence-electron chi connectivity index (χ2n) is 10.4. The number of likely N-dealkylation sites (tertiary alicyclic amines) is 1. The van der Waals surface area contributed by atoms with Crippen molar-refractivity contribution in [1.29, 1.82) is 0 Å². The molecule has 196 valence electrons. The predicted molar refractivity (Wildman–Crippen MR) is 140 cm³/mol. The number of benzene rings is 2. The van der Waals surface area contributed by atoms with Crippen LogP contribution in [0.4, 0.5) is 0 Å². The van der Waals surface area contributed by atoms with Gasteiger partial charge in [-0.15, -0.1) is 0 Å². The van der Waals surface area contributed by atoms with Crippen molar-refractivity contribution in [3.05, 3.63) is 71.8 Å². The highest BCUT2D eigenvalue weighted by Gasteiger charge is 2.53. The molecule has 9 nitrogen and oxygen atoms in total. The summed E-state index contributed by atoms with van der Waals surface area (Å²) in [5, 5.41) is 8.67. The van der Waals surface area contributed by atoms with Crippen LogP contribution in [0.2, 0.25) is 0 Å². The number of fused-ring (bicyclic) bond motifs is 1. The minimum Gasteiger partial charge on any atom is -0.374 e. The summed E-state index contributed by atoms with van der Waals surface area (Å²) in [5.41, 5.74) is 6.72. The van der Waals surface area contributed by atoms with E-state index in [-0.39, 0.29) is 25.0 Å². The Bertz CT molecular complexity index is 1160. The third-order valence-corrected chi connectivity index (χ3v) is 6.92. The van der Waals surface area contributed by atoms with Gasteiger partial charge in [-0.25, -0.2) is 5.01 Å². The molecule has 0 radical (unpaired) electrons. The summed E-state index contributed by atoms with van der Waals surface area (Å²) in [6, 6.07) is 18.5. The monoisotopic (exact) mass is 505 g/mol. The van der Waals surface area contributed by atoms with Crippen LogP contribution in [-0.2, 0) is 32.1 Å². The van der Waals surface area contributed by atoms with Gasteiger partial charge in [-0.2, -0.15) is 5.10 Å². The molecular weight excluding hydrogens is 470 g/mol. The zero-order valence-electron chi connectivity index (χ0n) is 21.6. The van der Waals surface area contributed by atoms with Gasteiger partial charge in [0.05, 0.1) is 36.4 Å². The first-order chi connectivity index (χ1) is 17.6.